The number of likely N-dealkylation sites (tertiary alicyclic amines) is 1. The summed E-state index contributed by atoms with van der Waals surface area (Å²) in [6.07, 6.45) is -9.05. The Labute approximate surface area is 194 Å². The average molecular weight is 484 g/mol. The van der Waals surface area contributed by atoms with E-state index in [1.807, 2.05) is 6.07 Å². The van der Waals surface area contributed by atoms with Crippen molar-refractivity contribution in [3.05, 3.63) is 35.9 Å². The summed E-state index contributed by atoms with van der Waals surface area (Å²) < 4.78 is 20.2. The average Bonchev–Trinajstić information content (AvgIpc) is 3.26. The molecule has 2 aliphatic rings. The maximum atomic E-state index is 12.6. The topological polar surface area (TPSA) is 184 Å². The number of nitrogens with zero attached hydrogens (tertiary/aromatic N) is 1. The van der Waals surface area contributed by atoms with E-state index >= 15 is 0 Å². The largest absolute Gasteiger partial charge is 0.467 e. The molecule has 5 N–H and O–H groups in total. The highest BCUT2D eigenvalue weighted by Crippen LogP contribution is 2.24. The number of aliphatic hydroxyl groups is 4. The lowest BCUT2D eigenvalue weighted by atomic mass is 9.97. The number of carbonyl (C=O) groups is 3. The fourth-order valence-corrected chi connectivity index (χ4v) is 3.82. The van der Waals surface area contributed by atoms with Crippen molar-refractivity contribution in [1.29, 1.82) is 0 Å². The van der Waals surface area contributed by atoms with Crippen molar-refractivity contribution in [3.63, 3.8) is 0 Å². The second-order valence-electron chi connectivity index (χ2n) is 7.89. The Hall–Kier alpha value is -2.97. The number of rotatable bonds is 6. The molecule has 188 valence electrons. The van der Waals surface area contributed by atoms with Gasteiger partial charge >= 0.3 is 18.2 Å². The molecule has 0 unspecified atom stereocenters. The minimum atomic E-state index is -1.72. The number of benzene rings is 1. The van der Waals surface area contributed by atoms with Crippen LogP contribution in [0.4, 0.5) is 9.59 Å². The van der Waals surface area contributed by atoms with Crippen molar-refractivity contribution in [2.45, 2.75) is 55.8 Å². The van der Waals surface area contributed by atoms with E-state index in [1.165, 1.54) is 0 Å². The predicted molar refractivity (Wildman–Crippen MR) is 111 cm³/mol. The van der Waals surface area contributed by atoms with E-state index in [-0.39, 0.29) is 19.6 Å². The van der Waals surface area contributed by atoms with E-state index in [0.717, 1.165) is 17.6 Å². The first kappa shape index (κ1) is 25.6. The van der Waals surface area contributed by atoms with Gasteiger partial charge in [0.2, 0.25) is 0 Å². The number of alkyl carbamates (subject to hydrolysis) is 1. The minimum absolute atomic E-state index is 0.0231. The fourth-order valence-electron chi connectivity index (χ4n) is 3.82. The maximum Gasteiger partial charge on any atom is 0.410 e. The first-order valence-electron chi connectivity index (χ1n) is 10.6. The third-order valence-electron chi connectivity index (χ3n) is 5.63. The summed E-state index contributed by atoms with van der Waals surface area (Å²) in [5.74, 6) is -0.715. The number of esters is 1. The van der Waals surface area contributed by atoms with Crippen LogP contribution in [0.1, 0.15) is 12.0 Å². The Bertz CT molecular complexity index is 854. The molecule has 2 aliphatic heterocycles. The molecule has 2 saturated heterocycles. The van der Waals surface area contributed by atoms with Crippen molar-refractivity contribution in [2.75, 3.05) is 20.3 Å². The van der Waals surface area contributed by atoms with Crippen LogP contribution in [-0.2, 0) is 30.3 Å². The highest BCUT2D eigenvalue weighted by Gasteiger charge is 2.46. The van der Waals surface area contributed by atoms with Crippen molar-refractivity contribution in [2.24, 2.45) is 0 Å². The van der Waals surface area contributed by atoms with Gasteiger partial charge in [-0.15, -0.1) is 0 Å². The molecular weight excluding hydrogens is 456 g/mol. The van der Waals surface area contributed by atoms with Gasteiger partial charge in [-0.2, -0.15) is 0 Å². The number of hydrogen-bond acceptors (Lipinski definition) is 11. The second-order valence-corrected chi connectivity index (χ2v) is 7.89. The third-order valence-corrected chi connectivity index (χ3v) is 5.63. The molecule has 0 radical (unpaired) electrons. The van der Waals surface area contributed by atoms with E-state index in [4.69, 9.17) is 24.1 Å². The van der Waals surface area contributed by atoms with Gasteiger partial charge in [-0.3, -0.25) is 4.90 Å². The van der Waals surface area contributed by atoms with Crippen LogP contribution in [0.15, 0.2) is 30.3 Å². The smallest absolute Gasteiger partial charge is 0.410 e. The number of nitrogens with one attached hydrogen (secondary N) is 1. The van der Waals surface area contributed by atoms with Crippen LogP contribution in [-0.4, -0.2) is 107 Å². The molecular formula is C21H28N2O11. The van der Waals surface area contributed by atoms with Gasteiger partial charge in [0.15, 0.2) is 6.29 Å². The van der Waals surface area contributed by atoms with Crippen LogP contribution < -0.4 is 5.32 Å². The monoisotopic (exact) mass is 484 g/mol. The molecule has 13 heteroatoms. The van der Waals surface area contributed by atoms with Gasteiger partial charge in [-0.05, 0) is 5.56 Å². The third kappa shape index (κ3) is 5.93. The van der Waals surface area contributed by atoms with Gasteiger partial charge in [0.25, 0.3) is 0 Å². The van der Waals surface area contributed by atoms with Gasteiger partial charge < -0.3 is 44.7 Å². The maximum absolute atomic E-state index is 12.6. The zero-order chi connectivity index (χ0) is 24.8. The van der Waals surface area contributed by atoms with Gasteiger partial charge in [0.1, 0.15) is 43.1 Å². The summed E-state index contributed by atoms with van der Waals surface area (Å²) in [6.45, 7) is -0.841. The van der Waals surface area contributed by atoms with Gasteiger partial charge in [0.05, 0.1) is 20.3 Å². The minimum Gasteiger partial charge on any atom is -0.467 e. The molecule has 0 aromatic heterocycles. The Morgan fingerprint density at radius 2 is 1.85 bits per heavy atom. The quantitative estimate of drug-likeness (QED) is 0.233. The fraction of sp³-hybridized carbons (Fsp3) is 0.571. The summed E-state index contributed by atoms with van der Waals surface area (Å²) in [5.41, 5.74) is 0.745. The molecule has 0 spiro atoms. The standard InChI is InChI=1S/C21H28N2O11/c1-31-18(27)13-7-12(8-23(13)21(30)32-10-11-5-3-2-4-6-11)33-20(29)22-15-17(26)16(25)14(9-24)34-19(15)28/h2-6,12-17,19,24-26,28H,7-10H2,1H3,(H,22,29)/t12-,13+,14-,15-,16-,17-,19+/m1/s1. The van der Waals surface area contributed by atoms with Crippen molar-refractivity contribution in [1.82, 2.24) is 10.2 Å². The number of hydrogen-bond donors (Lipinski definition) is 5. The first-order valence-corrected chi connectivity index (χ1v) is 10.6. The van der Waals surface area contributed by atoms with E-state index < -0.39 is 67.6 Å². The van der Waals surface area contributed by atoms with Crippen molar-refractivity contribution >= 4 is 18.2 Å². The summed E-state index contributed by atoms with van der Waals surface area (Å²) in [4.78, 5) is 38.2. The predicted octanol–water partition coefficient (Wildman–Crippen LogP) is -1.53. The summed E-state index contributed by atoms with van der Waals surface area (Å²) in [6, 6.07) is 6.42. The molecule has 0 saturated carbocycles. The van der Waals surface area contributed by atoms with E-state index in [9.17, 15) is 29.7 Å². The van der Waals surface area contributed by atoms with Crippen LogP contribution in [0.2, 0.25) is 0 Å². The normalized spacial score (nSPS) is 31.0. The van der Waals surface area contributed by atoms with Gasteiger partial charge in [-0.25, -0.2) is 14.4 Å². The van der Waals surface area contributed by atoms with Crippen LogP contribution >= 0.6 is 0 Å². The SMILES string of the molecule is COC(=O)[C@@H]1C[C@@H](OC(=O)N[C@@H]2[C@@H](O)[C@H](O)[C@@H](CO)O[C@@H]2O)CN1C(=O)OCc1ccccc1. The highest BCUT2D eigenvalue weighted by molar-refractivity contribution is 5.82. The lowest BCUT2D eigenvalue weighted by Crippen LogP contribution is -2.64. The number of amides is 2. The highest BCUT2D eigenvalue weighted by atomic mass is 16.6. The first-order chi connectivity index (χ1) is 16.2. The number of carbonyl (C=O) groups excluding carboxylic acids is 3. The molecule has 2 fully saturated rings. The van der Waals surface area contributed by atoms with Gasteiger partial charge in [-0.1, -0.05) is 30.3 Å². The Morgan fingerprint density at radius 1 is 1.15 bits per heavy atom. The van der Waals surface area contributed by atoms with Crippen LogP contribution in [0.25, 0.3) is 0 Å². The Balaban J connectivity index is 1.58. The lowest BCUT2D eigenvalue weighted by Gasteiger charge is -2.40. The summed E-state index contributed by atoms with van der Waals surface area (Å²) >= 11 is 0. The number of ether oxygens (including phenoxy) is 4. The Morgan fingerprint density at radius 3 is 2.50 bits per heavy atom. The molecule has 3 rings (SSSR count). The molecule has 0 bridgehead atoms. The lowest BCUT2D eigenvalue weighted by molar-refractivity contribution is -0.253. The molecule has 13 nitrogen and oxygen atoms in total. The van der Waals surface area contributed by atoms with Gasteiger partial charge in [0, 0.05) is 6.42 Å². The molecule has 2 heterocycles. The summed E-state index contributed by atoms with van der Waals surface area (Å²) in [5, 5.41) is 41.3. The molecule has 2 amide bonds. The van der Waals surface area contributed by atoms with Crippen molar-refractivity contribution in [3.8, 4) is 0 Å². The zero-order valence-corrected chi connectivity index (χ0v) is 18.4. The zero-order valence-electron chi connectivity index (χ0n) is 18.4. The molecule has 1 aromatic rings. The van der Waals surface area contributed by atoms with E-state index in [1.54, 1.807) is 24.3 Å². The summed E-state index contributed by atoms with van der Waals surface area (Å²) in [7, 11) is 1.16. The number of methoxy groups -OCH3 is 1. The molecule has 1 aromatic carbocycles. The van der Waals surface area contributed by atoms with E-state index in [0.29, 0.717) is 0 Å². The van der Waals surface area contributed by atoms with Crippen molar-refractivity contribution < 1.29 is 53.8 Å². The second kappa shape index (κ2) is 11.4. The molecule has 34 heavy (non-hydrogen) atoms. The number of aliphatic hydroxyl groups excluding tert-OH is 4. The van der Waals surface area contributed by atoms with E-state index in [2.05, 4.69) is 5.32 Å². The van der Waals surface area contributed by atoms with Crippen LogP contribution in [0.3, 0.4) is 0 Å². The Kier molecular flexibility index (Phi) is 8.63. The molecule has 7 atom stereocenters. The molecule has 0 aliphatic carbocycles. The van der Waals surface area contributed by atoms with Crippen LogP contribution in [0.5, 0.6) is 0 Å². The van der Waals surface area contributed by atoms with Crippen LogP contribution in [0, 0.1) is 0 Å².